The standard InChI is InChI=1S/C28H33N3O3S/c1-17(2)31-23-11-10-20(13-22(23)19(4)15-28(31,5)6)14-24-26(33)30(27(34)35-24)16-25(32)29-21-9-7-8-18(3)12-21/h7-14,17,19H,15-16H2,1-6H3,(H,29,32)/b24-14-. The number of carbonyl (C=O) groups excluding carboxylic acids is 3. The van der Waals surface area contributed by atoms with Gasteiger partial charge in [0.1, 0.15) is 6.54 Å². The summed E-state index contributed by atoms with van der Waals surface area (Å²) in [6.45, 7) is 12.8. The molecule has 1 unspecified atom stereocenters. The summed E-state index contributed by atoms with van der Waals surface area (Å²) in [5.41, 5.74) is 5.07. The van der Waals surface area contributed by atoms with E-state index in [1.165, 1.54) is 11.3 Å². The highest BCUT2D eigenvalue weighted by atomic mass is 32.2. The summed E-state index contributed by atoms with van der Waals surface area (Å²) in [5.74, 6) is -0.461. The summed E-state index contributed by atoms with van der Waals surface area (Å²) in [6.07, 6.45) is 2.80. The predicted molar refractivity (Wildman–Crippen MR) is 144 cm³/mol. The number of thioether (sulfide) groups is 1. The molecule has 2 aliphatic rings. The second-order valence-corrected chi connectivity index (χ2v) is 11.4. The second kappa shape index (κ2) is 9.53. The van der Waals surface area contributed by atoms with Crippen molar-refractivity contribution >= 4 is 46.3 Å². The van der Waals surface area contributed by atoms with E-state index in [0.29, 0.717) is 22.6 Å². The molecule has 2 aliphatic heterocycles. The zero-order chi connectivity index (χ0) is 25.5. The lowest BCUT2D eigenvalue weighted by Gasteiger charge is -2.50. The van der Waals surface area contributed by atoms with Gasteiger partial charge in [-0.05, 0) is 106 Å². The smallest absolute Gasteiger partial charge is 0.294 e. The highest BCUT2D eigenvalue weighted by Gasteiger charge is 2.38. The van der Waals surface area contributed by atoms with Crippen LogP contribution >= 0.6 is 11.8 Å². The highest BCUT2D eigenvalue weighted by molar-refractivity contribution is 8.18. The van der Waals surface area contributed by atoms with Crippen molar-refractivity contribution in [3.05, 3.63) is 64.1 Å². The number of rotatable bonds is 5. The molecule has 2 heterocycles. The summed E-state index contributed by atoms with van der Waals surface area (Å²) in [6, 6.07) is 14.0. The number of fused-ring (bicyclic) bond motifs is 1. The lowest BCUT2D eigenvalue weighted by molar-refractivity contribution is -0.127. The van der Waals surface area contributed by atoms with Crippen molar-refractivity contribution in [2.24, 2.45) is 0 Å². The molecule has 2 aromatic carbocycles. The molecule has 7 heteroatoms. The van der Waals surface area contributed by atoms with E-state index < -0.39 is 17.1 Å². The Bertz CT molecular complexity index is 1220. The number of carbonyl (C=O) groups is 3. The number of aryl methyl sites for hydroxylation is 1. The molecule has 184 valence electrons. The normalized spacial score (nSPS) is 20.5. The number of benzene rings is 2. The minimum atomic E-state index is -0.435. The zero-order valence-electron chi connectivity index (χ0n) is 21.2. The molecule has 0 radical (unpaired) electrons. The number of nitrogens with one attached hydrogen (secondary N) is 1. The van der Waals surface area contributed by atoms with E-state index in [1.807, 2.05) is 31.2 Å². The maximum atomic E-state index is 13.0. The molecule has 0 aromatic heterocycles. The monoisotopic (exact) mass is 491 g/mol. The topological polar surface area (TPSA) is 69.7 Å². The first kappa shape index (κ1) is 25.0. The molecule has 4 rings (SSSR count). The molecule has 1 atom stereocenters. The van der Waals surface area contributed by atoms with Crippen LogP contribution in [0.1, 0.15) is 63.6 Å². The predicted octanol–water partition coefficient (Wildman–Crippen LogP) is 6.17. The zero-order valence-corrected chi connectivity index (χ0v) is 22.0. The number of anilines is 2. The maximum Gasteiger partial charge on any atom is 0.294 e. The van der Waals surface area contributed by atoms with E-state index >= 15 is 0 Å². The van der Waals surface area contributed by atoms with Crippen LogP contribution < -0.4 is 10.2 Å². The first-order valence-corrected chi connectivity index (χ1v) is 12.8. The Kier molecular flexibility index (Phi) is 6.82. The fourth-order valence-corrected chi connectivity index (χ4v) is 6.23. The molecule has 0 aliphatic carbocycles. The summed E-state index contributed by atoms with van der Waals surface area (Å²) < 4.78 is 0. The van der Waals surface area contributed by atoms with Gasteiger partial charge in [-0.25, -0.2) is 0 Å². The van der Waals surface area contributed by atoms with Crippen LogP contribution in [0.25, 0.3) is 6.08 Å². The molecule has 6 nitrogen and oxygen atoms in total. The Morgan fingerprint density at radius 3 is 2.63 bits per heavy atom. The molecule has 0 saturated carbocycles. The third kappa shape index (κ3) is 5.15. The van der Waals surface area contributed by atoms with Crippen molar-refractivity contribution in [2.45, 2.75) is 65.5 Å². The van der Waals surface area contributed by atoms with Gasteiger partial charge in [0.2, 0.25) is 5.91 Å². The van der Waals surface area contributed by atoms with Crippen molar-refractivity contribution < 1.29 is 14.4 Å². The van der Waals surface area contributed by atoms with Crippen molar-refractivity contribution in [1.29, 1.82) is 0 Å². The van der Waals surface area contributed by atoms with Gasteiger partial charge in [-0.3, -0.25) is 19.3 Å². The molecular formula is C28H33N3O3S. The van der Waals surface area contributed by atoms with Crippen LogP contribution in [0.2, 0.25) is 0 Å². The van der Waals surface area contributed by atoms with Crippen LogP contribution in [-0.4, -0.2) is 40.1 Å². The fraction of sp³-hybridized carbons (Fsp3) is 0.393. The van der Waals surface area contributed by atoms with Gasteiger partial charge in [-0.1, -0.05) is 25.1 Å². The lowest BCUT2D eigenvalue weighted by Crippen LogP contribution is -2.51. The van der Waals surface area contributed by atoms with E-state index in [9.17, 15) is 14.4 Å². The van der Waals surface area contributed by atoms with Crippen LogP contribution in [0.3, 0.4) is 0 Å². The lowest BCUT2D eigenvalue weighted by atomic mass is 9.79. The van der Waals surface area contributed by atoms with Gasteiger partial charge in [0.15, 0.2) is 0 Å². The van der Waals surface area contributed by atoms with Gasteiger partial charge >= 0.3 is 0 Å². The molecule has 3 amide bonds. The van der Waals surface area contributed by atoms with Crippen LogP contribution in [-0.2, 0) is 9.59 Å². The van der Waals surface area contributed by atoms with E-state index in [1.54, 1.807) is 12.1 Å². The quantitative estimate of drug-likeness (QED) is 0.507. The van der Waals surface area contributed by atoms with Crippen molar-refractivity contribution in [1.82, 2.24) is 4.90 Å². The molecular weight excluding hydrogens is 458 g/mol. The summed E-state index contributed by atoms with van der Waals surface area (Å²) in [4.78, 5) is 41.8. The molecule has 0 bridgehead atoms. The van der Waals surface area contributed by atoms with E-state index in [4.69, 9.17) is 0 Å². The van der Waals surface area contributed by atoms with Gasteiger partial charge in [0.05, 0.1) is 4.91 Å². The summed E-state index contributed by atoms with van der Waals surface area (Å²) in [5, 5.41) is 2.32. The van der Waals surface area contributed by atoms with Gasteiger partial charge < -0.3 is 10.2 Å². The minimum Gasteiger partial charge on any atom is -0.364 e. The first-order chi connectivity index (χ1) is 16.5. The Balaban J connectivity index is 1.53. The third-order valence-corrected chi connectivity index (χ3v) is 7.50. The average Bonchev–Trinajstić information content (AvgIpc) is 3.00. The van der Waals surface area contributed by atoms with Crippen molar-refractivity contribution in [3.63, 3.8) is 0 Å². The van der Waals surface area contributed by atoms with E-state index in [2.05, 4.69) is 57.0 Å². The third-order valence-electron chi connectivity index (χ3n) is 6.59. The van der Waals surface area contributed by atoms with E-state index in [-0.39, 0.29) is 12.1 Å². The van der Waals surface area contributed by atoms with Gasteiger partial charge in [0, 0.05) is 23.0 Å². The molecule has 0 spiro atoms. The Hall–Kier alpha value is -3.06. The number of hydrogen-bond donors (Lipinski definition) is 1. The Morgan fingerprint density at radius 2 is 1.94 bits per heavy atom. The SMILES string of the molecule is Cc1cccc(NC(=O)CN2C(=O)S/C(=C\c3ccc4c(c3)C(C)CC(C)(C)N4C(C)C)C2=O)c1. The fourth-order valence-electron chi connectivity index (χ4n) is 5.39. The van der Waals surface area contributed by atoms with E-state index in [0.717, 1.165) is 34.2 Å². The van der Waals surface area contributed by atoms with Crippen molar-refractivity contribution in [3.8, 4) is 0 Å². The largest absolute Gasteiger partial charge is 0.364 e. The number of amides is 3. The van der Waals surface area contributed by atoms with Gasteiger partial charge in [-0.2, -0.15) is 0 Å². The van der Waals surface area contributed by atoms with Gasteiger partial charge in [-0.15, -0.1) is 0 Å². The van der Waals surface area contributed by atoms with Crippen LogP contribution in [0.15, 0.2) is 47.4 Å². The van der Waals surface area contributed by atoms with Crippen molar-refractivity contribution in [2.75, 3.05) is 16.8 Å². The Morgan fingerprint density at radius 1 is 1.20 bits per heavy atom. The van der Waals surface area contributed by atoms with Gasteiger partial charge in [0.25, 0.3) is 11.1 Å². The highest BCUT2D eigenvalue weighted by Crippen LogP contribution is 2.45. The minimum absolute atomic E-state index is 0.0593. The molecule has 2 aromatic rings. The number of hydrogen-bond acceptors (Lipinski definition) is 5. The van der Waals surface area contributed by atoms with Crippen LogP contribution in [0.5, 0.6) is 0 Å². The number of nitrogens with zero attached hydrogens (tertiary/aromatic N) is 2. The maximum absolute atomic E-state index is 13.0. The molecule has 1 N–H and O–H groups in total. The molecule has 1 fully saturated rings. The summed E-state index contributed by atoms with van der Waals surface area (Å²) >= 11 is 0.879. The van der Waals surface area contributed by atoms with Crippen LogP contribution in [0.4, 0.5) is 16.2 Å². The second-order valence-electron chi connectivity index (χ2n) is 10.4. The Labute approximate surface area is 211 Å². The molecule has 1 saturated heterocycles. The first-order valence-electron chi connectivity index (χ1n) is 12.0. The molecule has 35 heavy (non-hydrogen) atoms. The number of imide groups is 1. The summed E-state index contributed by atoms with van der Waals surface area (Å²) in [7, 11) is 0. The average molecular weight is 492 g/mol. The van der Waals surface area contributed by atoms with Crippen LogP contribution in [0, 0.1) is 6.92 Å².